The highest BCUT2D eigenvalue weighted by Crippen LogP contribution is 2.41. The zero-order valence-electron chi connectivity index (χ0n) is 39.1. The highest BCUT2D eigenvalue weighted by atomic mass is 15.1. The molecule has 3 nitrogen and oxygen atoms in total. The van der Waals surface area contributed by atoms with Crippen molar-refractivity contribution < 1.29 is 0 Å². The third-order valence-electron chi connectivity index (χ3n) is 13.5. The number of rotatable bonds is 12. The van der Waals surface area contributed by atoms with Crippen molar-refractivity contribution in [3.8, 4) is 44.5 Å². The Kier molecular flexibility index (Phi) is 11.6. The van der Waals surface area contributed by atoms with E-state index in [9.17, 15) is 0 Å². The molecular weight excluding hydrogens is 859 g/mol. The van der Waals surface area contributed by atoms with Crippen molar-refractivity contribution in [3.05, 3.63) is 291 Å². The van der Waals surface area contributed by atoms with Crippen molar-refractivity contribution in [3.63, 3.8) is 0 Å². The van der Waals surface area contributed by atoms with Gasteiger partial charge in [0, 0.05) is 44.9 Å². The summed E-state index contributed by atoms with van der Waals surface area (Å²) in [4.78, 5) is 4.69. The third-order valence-corrected chi connectivity index (χ3v) is 13.5. The second kappa shape index (κ2) is 19.3. The second-order valence-electron chi connectivity index (χ2n) is 17.9. The van der Waals surface area contributed by atoms with Crippen LogP contribution >= 0.6 is 0 Å². The van der Waals surface area contributed by atoms with E-state index >= 15 is 0 Å². The Morgan fingerprint density at radius 2 is 0.451 bits per heavy atom. The van der Waals surface area contributed by atoms with Gasteiger partial charge in [0.25, 0.3) is 0 Å². The first-order chi connectivity index (χ1) is 35.2. The molecule has 0 aliphatic carbocycles. The smallest absolute Gasteiger partial charge is 0.0540 e. The number of anilines is 8. The number of nitrogens with zero attached hydrogens (tertiary/aromatic N) is 2. The highest BCUT2D eigenvalue weighted by Gasteiger charge is 2.17. The zero-order valence-corrected chi connectivity index (χ0v) is 39.1. The van der Waals surface area contributed by atoms with E-state index in [1.807, 2.05) is 0 Å². The van der Waals surface area contributed by atoms with Crippen LogP contribution in [0.5, 0.6) is 0 Å². The van der Waals surface area contributed by atoms with E-state index in [0.717, 1.165) is 45.5 Å². The fraction of sp³-hybridized carbons (Fsp3) is 0. The van der Waals surface area contributed by atoms with E-state index in [1.54, 1.807) is 0 Å². The molecule has 0 radical (unpaired) electrons. The summed E-state index contributed by atoms with van der Waals surface area (Å²) in [7, 11) is 0. The normalized spacial score (nSPS) is 11.1. The van der Waals surface area contributed by atoms with Crippen LogP contribution in [0.1, 0.15) is 0 Å². The minimum Gasteiger partial charge on any atom is -0.356 e. The summed E-state index contributed by atoms with van der Waals surface area (Å²) >= 11 is 0. The van der Waals surface area contributed by atoms with Gasteiger partial charge in [-0.25, -0.2) is 0 Å². The minimum absolute atomic E-state index is 1.05. The van der Waals surface area contributed by atoms with E-state index < -0.39 is 0 Å². The van der Waals surface area contributed by atoms with E-state index in [-0.39, 0.29) is 0 Å². The largest absolute Gasteiger partial charge is 0.356 e. The van der Waals surface area contributed by atoms with Crippen molar-refractivity contribution >= 4 is 67.0 Å². The Morgan fingerprint density at radius 1 is 0.197 bits per heavy atom. The maximum atomic E-state index is 3.60. The molecule has 0 saturated carbocycles. The van der Waals surface area contributed by atoms with Crippen molar-refractivity contribution in [2.75, 3.05) is 15.1 Å². The molecule has 0 aromatic heterocycles. The number of nitrogens with one attached hydrogen (secondary N) is 1. The topological polar surface area (TPSA) is 18.5 Å². The number of para-hydroxylation sites is 2. The maximum Gasteiger partial charge on any atom is 0.0540 e. The molecule has 0 spiro atoms. The Bertz CT molecular complexity index is 3460. The van der Waals surface area contributed by atoms with Crippen LogP contribution in [0, 0.1) is 0 Å². The number of benzene rings is 12. The molecule has 0 unspecified atom stereocenters. The van der Waals surface area contributed by atoms with Crippen molar-refractivity contribution in [2.45, 2.75) is 0 Å². The molecule has 0 amide bonds. The summed E-state index contributed by atoms with van der Waals surface area (Å²) in [5.41, 5.74) is 18.3. The molecular formula is C68H49N3. The molecule has 0 aliphatic heterocycles. The third kappa shape index (κ3) is 8.92. The summed E-state index contributed by atoms with van der Waals surface area (Å²) in [6, 6.07) is 104. The maximum absolute atomic E-state index is 3.60. The second-order valence-corrected chi connectivity index (χ2v) is 17.9. The minimum atomic E-state index is 1.05. The molecule has 0 heterocycles. The summed E-state index contributed by atoms with van der Waals surface area (Å²) in [5, 5.41) is 8.49. The zero-order chi connectivity index (χ0) is 47.3. The standard InChI is InChI=1S/C68H49N3/c1-3-17-61(18-4-1)70(67-23-11-15-57-13-7-9-21-65(57)67)63-45-37-55(38-46-63)51-29-25-49(26-30-51)53-33-41-59(42-34-53)69-60-43-35-54(36-44-60)50-27-31-52(32-28-50)56-39-47-64(48-40-56)71(62-19-5-2-6-20-62)68-24-12-16-58-14-8-10-22-66(58)68/h1-48,69H. The molecule has 0 atom stereocenters. The fourth-order valence-corrected chi connectivity index (χ4v) is 9.79. The van der Waals surface area contributed by atoms with Gasteiger partial charge >= 0.3 is 0 Å². The average molecular weight is 908 g/mol. The van der Waals surface area contributed by atoms with Crippen LogP contribution in [0.15, 0.2) is 291 Å². The van der Waals surface area contributed by atoms with E-state index in [4.69, 9.17) is 0 Å². The van der Waals surface area contributed by atoms with Gasteiger partial charge in [0.1, 0.15) is 0 Å². The van der Waals surface area contributed by atoms with Crippen LogP contribution in [0.4, 0.5) is 45.5 Å². The van der Waals surface area contributed by atoms with Gasteiger partial charge in [-0.2, -0.15) is 0 Å². The molecule has 12 aromatic rings. The number of hydrogen-bond donors (Lipinski definition) is 1. The molecule has 1 N–H and O–H groups in total. The molecule has 336 valence electrons. The first kappa shape index (κ1) is 42.9. The molecule has 0 aliphatic rings. The first-order valence-corrected chi connectivity index (χ1v) is 24.2. The van der Waals surface area contributed by atoms with Gasteiger partial charge < -0.3 is 15.1 Å². The van der Waals surface area contributed by atoms with E-state index in [1.165, 1.54) is 66.1 Å². The SMILES string of the molecule is c1ccc(N(c2ccc(-c3ccc(-c4ccc(Nc5ccc(-c6ccc(-c7ccc(N(c8ccccc8)c8cccc9ccccc89)cc7)cc6)cc5)cc4)cc3)cc2)c2cccc3ccccc23)cc1. The summed E-state index contributed by atoms with van der Waals surface area (Å²) < 4.78 is 0. The molecule has 71 heavy (non-hydrogen) atoms. The van der Waals surface area contributed by atoms with Gasteiger partial charge in [0.15, 0.2) is 0 Å². The first-order valence-electron chi connectivity index (χ1n) is 24.2. The number of fused-ring (bicyclic) bond motifs is 2. The Morgan fingerprint density at radius 3 is 0.789 bits per heavy atom. The van der Waals surface area contributed by atoms with Gasteiger partial charge in [0.2, 0.25) is 0 Å². The van der Waals surface area contributed by atoms with Crippen LogP contribution in [-0.2, 0) is 0 Å². The van der Waals surface area contributed by atoms with Gasteiger partial charge in [-0.3, -0.25) is 0 Å². The molecule has 12 aromatic carbocycles. The van der Waals surface area contributed by atoms with Crippen LogP contribution in [0.2, 0.25) is 0 Å². The van der Waals surface area contributed by atoms with Crippen LogP contribution in [-0.4, -0.2) is 0 Å². The summed E-state index contributed by atoms with van der Waals surface area (Å²) in [5.74, 6) is 0. The quantitative estimate of drug-likeness (QED) is 0.132. The molecule has 0 bridgehead atoms. The van der Waals surface area contributed by atoms with E-state index in [0.29, 0.717) is 0 Å². The van der Waals surface area contributed by atoms with Gasteiger partial charge in [0.05, 0.1) is 11.4 Å². The predicted octanol–water partition coefficient (Wildman–Crippen LogP) is 19.3. The van der Waals surface area contributed by atoms with Gasteiger partial charge in [-0.15, -0.1) is 0 Å². The van der Waals surface area contributed by atoms with Crippen molar-refractivity contribution in [1.29, 1.82) is 0 Å². The highest BCUT2D eigenvalue weighted by molar-refractivity contribution is 6.00. The lowest BCUT2D eigenvalue weighted by atomic mass is 9.99. The summed E-state index contributed by atoms with van der Waals surface area (Å²) in [6.07, 6.45) is 0. The Balaban J connectivity index is 0.695. The van der Waals surface area contributed by atoms with Gasteiger partial charge in [-0.1, -0.05) is 206 Å². The van der Waals surface area contributed by atoms with E-state index in [2.05, 4.69) is 306 Å². The lowest BCUT2D eigenvalue weighted by molar-refractivity contribution is 1.30. The Hall–Kier alpha value is -9.44. The average Bonchev–Trinajstić information content (AvgIpc) is 3.45. The van der Waals surface area contributed by atoms with Crippen LogP contribution < -0.4 is 15.1 Å². The van der Waals surface area contributed by atoms with Crippen molar-refractivity contribution in [1.82, 2.24) is 0 Å². The lowest BCUT2D eigenvalue weighted by Crippen LogP contribution is -2.10. The fourth-order valence-electron chi connectivity index (χ4n) is 9.79. The molecule has 0 saturated heterocycles. The molecule has 12 rings (SSSR count). The molecule has 0 fully saturated rings. The lowest BCUT2D eigenvalue weighted by Gasteiger charge is -2.27. The van der Waals surface area contributed by atoms with Gasteiger partial charge in [-0.05, 0) is 140 Å². The number of hydrogen-bond acceptors (Lipinski definition) is 3. The molecule has 3 heteroatoms. The summed E-state index contributed by atoms with van der Waals surface area (Å²) in [6.45, 7) is 0. The van der Waals surface area contributed by atoms with Crippen molar-refractivity contribution in [2.24, 2.45) is 0 Å². The predicted molar refractivity (Wildman–Crippen MR) is 302 cm³/mol. The Labute approximate surface area is 415 Å². The van der Waals surface area contributed by atoms with Crippen LogP contribution in [0.3, 0.4) is 0 Å². The van der Waals surface area contributed by atoms with Crippen LogP contribution in [0.25, 0.3) is 66.1 Å². The monoisotopic (exact) mass is 907 g/mol.